The summed E-state index contributed by atoms with van der Waals surface area (Å²) >= 11 is 5.74. The number of rotatable bonds is 12. The molecule has 0 unspecified atom stereocenters. The molecule has 0 amide bonds. The summed E-state index contributed by atoms with van der Waals surface area (Å²) in [5, 5.41) is 68.4. The Morgan fingerprint density at radius 3 is 2.28 bits per heavy atom. The van der Waals surface area contributed by atoms with Gasteiger partial charge < -0.3 is 69.7 Å². The van der Waals surface area contributed by atoms with Crippen LogP contribution in [0.4, 0.5) is 11.5 Å². The Hall–Kier alpha value is -2.33. The van der Waals surface area contributed by atoms with Crippen LogP contribution in [0.15, 0.2) is 18.3 Å². The van der Waals surface area contributed by atoms with Crippen LogP contribution >= 0.6 is 12.2 Å². The van der Waals surface area contributed by atoms with Gasteiger partial charge in [-0.3, -0.25) is 9.69 Å². The normalized spacial score (nSPS) is 41.5. The predicted octanol–water partition coefficient (Wildman–Crippen LogP) is 3.82. The fourth-order valence-electron chi connectivity index (χ4n) is 11.9. The second kappa shape index (κ2) is 24.6. The molecule has 4 aliphatic heterocycles. The summed E-state index contributed by atoms with van der Waals surface area (Å²) in [4.78, 5) is 25.2. The number of aliphatic hydroxyl groups excluding tert-OH is 3. The first-order valence-corrected chi connectivity index (χ1v) is 26.1. The Kier molecular flexibility index (Phi) is 20.5. The maximum atomic E-state index is 14.3. The number of hydrogen-bond donors (Lipinski definition) is 7. The van der Waals surface area contributed by atoms with Gasteiger partial charge in [0.25, 0.3) is 0 Å². The summed E-state index contributed by atoms with van der Waals surface area (Å²) in [5.41, 5.74) is -3.50. The average Bonchev–Trinajstić information content (AvgIpc) is 3.31. The molecule has 5 rings (SSSR count). The zero-order valence-electron chi connectivity index (χ0n) is 44.0. The van der Waals surface area contributed by atoms with Gasteiger partial charge in [-0.2, -0.15) is 0 Å². The van der Waals surface area contributed by atoms with Crippen molar-refractivity contribution in [3.63, 3.8) is 0 Å². The Bertz CT molecular complexity index is 1780. The third-order valence-electron chi connectivity index (χ3n) is 16.6. The van der Waals surface area contributed by atoms with Gasteiger partial charge in [0.2, 0.25) is 0 Å². The van der Waals surface area contributed by atoms with E-state index in [2.05, 4.69) is 39.3 Å². The number of thiocarbonyl (C=S) groups is 1. The number of anilines is 2. The zero-order valence-corrected chi connectivity index (χ0v) is 44.8. The number of nitrogens with one attached hydrogen (secondary N) is 2. The topological polar surface area (TPSA) is 211 Å². The molecule has 4 fully saturated rings. The van der Waals surface area contributed by atoms with Crippen LogP contribution in [0.5, 0.6) is 0 Å². The largest absolute Gasteiger partial charge is 0.459 e. The lowest BCUT2D eigenvalue weighted by Crippen LogP contribution is -2.60. The first kappa shape index (κ1) is 57.6. The summed E-state index contributed by atoms with van der Waals surface area (Å²) < 4.78 is 30.8. The molecule has 0 spiro atoms. The number of methoxy groups -OCH3 is 1. The van der Waals surface area contributed by atoms with Gasteiger partial charge in [-0.05, 0) is 122 Å². The summed E-state index contributed by atoms with van der Waals surface area (Å²) in [7, 11) is 5.49. The number of carbonyl (C=O) groups is 1. The van der Waals surface area contributed by atoms with Crippen molar-refractivity contribution in [1.82, 2.24) is 20.1 Å². The van der Waals surface area contributed by atoms with E-state index in [1.165, 1.54) is 6.92 Å². The van der Waals surface area contributed by atoms with Gasteiger partial charge in [-0.15, -0.1) is 0 Å². The second-order valence-corrected chi connectivity index (χ2v) is 22.4. The highest BCUT2D eigenvalue weighted by Crippen LogP contribution is 2.47. The summed E-state index contributed by atoms with van der Waals surface area (Å²) in [5.74, 6) is -1.70. The van der Waals surface area contributed by atoms with Crippen LogP contribution in [-0.4, -0.2) is 196 Å². The number of morpholine rings is 1. The first-order chi connectivity index (χ1) is 32.3. The van der Waals surface area contributed by atoms with E-state index < -0.39 is 83.4 Å². The van der Waals surface area contributed by atoms with Gasteiger partial charge in [0, 0.05) is 64.8 Å². The van der Waals surface area contributed by atoms with Gasteiger partial charge in [-0.1, -0.05) is 34.6 Å². The molecule has 0 radical (unpaired) electrons. The van der Waals surface area contributed by atoms with E-state index in [1.54, 1.807) is 13.3 Å². The first-order valence-electron chi connectivity index (χ1n) is 25.6. The summed E-state index contributed by atoms with van der Waals surface area (Å²) in [6.45, 7) is 22.9. The third kappa shape index (κ3) is 14.0. The van der Waals surface area contributed by atoms with Gasteiger partial charge in [0.05, 0.1) is 72.7 Å². The zero-order chi connectivity index (χ0) is 51.2. The number of nitrogens with zero attached hydrogens (tertiary/aromatic N) is 4. The fourth-order valence-corrected chi connectivity index (χ4v) is 12.1. The number of hydrogen-bond acceptors (Lipinski definition) is 16. The summed E-state index contributed by atoms with van der Waals surface area (Å²) in [6.07, 6.45) is -2.27. The molecule has 17 nitrogen and oxygen atoms in total. The molecule has 5 heterocycles. The number of aliphatic hydroxyl groups is 5. The van der Waals surface area contributed by atoms with Crippen LogP contribution in [-0.2, 0) is 28.5 Å². The molecule has 1 aromatic heterocycles. The standard InChI is InChI=1S/C51H90N6O11S/c1-14-42-50(10,62)45(59)35(7)57(18-17-52-48(69)54-37-15-16-43(53-28-37)56-19-21-65-22-20-56)29-30(2)25-51(63,27-41-44(58)40(55(11)12)23-31(3)66-41)39(33(5)32(4)34(6)47(61)68-42)24-38-26-49(9,64-13)46(60)36(8)67-38/h15-16,28,30-36,38-42,44-46,58-60,62-63H,14,17-27,29H2,1-13H3,(H2,52,54,69)/t30-,31+,32+,33+,34+,35+,36-,38+,39-,40-,41-,42-,44-,45+,46+,49+,50+,51-/m0/s1. The van der Waals surface area contributed by atoms with E-state index in [1.807, 2.05) is 79.6 Å². The Morgan fingerprint density at radius 1 is 0.986 bits per heavy atom. The molecule has 4 saturated heterocycles. The fraction of sp³-hybridized carbons (Fsp3) is 0.863. The molecular weight excluding hydrogens is 905 g/mol. The van der Waals surface area contributed by atoms with E-state index in [0.717, 1.165) is 24.6 Å². The predicted molar refractivity (Wildman–Crippen MR) is 271 cm³/mol. The molecule has 0 aromatic carbocycles. The molecule has 0 bridgehead atoms. The van der Waals surface area contributed by atoms with Crippen molar-refractivity contribution in [2.45, 2.75) is 185 Å². The Morgan fingerprint density at radius 2 is 1.67 bits per heavy atom. The van der Waals surface area contributed by atoms with Crippen molar-refractivity contribution in [1.29, 1.82) is 0 Å². The number of carbonyl (C=O) groups excluding carboxylic acids is 1. The highest BCUT2D eigenvalue weighted by molar-refractivity contribution is 7.80. The average molecular weight is 995 g/mol. The smallest absolute Gasteiger partial charge is 0.309 e. The van der Waals surface area contributed by atoms with Crippen LogP contribution in [0.3, 0.4) is 0 Å². The van der Waals surface area contributed by atoms with Gasteiger partial charge >= 0.3 is 5.97 Å². The van der Waals surface area contributed by atoms with E-state index in [-0.39, 0.29) is 49.2 Å². The molecule has 7 N–H and O–H groups in total. The number of cyclic esters (lactones) is 1. The quantitative estimate of drug-likeness (QED) is 0.117. The van der Waals surface area contributed by atoms with Crippen molar-refractivity contribution < 1.29 is 54.0 Å². The van der Waals surface area contributed by atoms with E-state index in [9.17, 15) is 30.3 Å². The van der Waals surface area contributed by atoms with Crippen molar-refractivity contribution in [2.75, 3.05) is 77.4 Å². The van der Waals surface area contributed by atoms with E-state index in [0.29, 0.717) is 57.2 Å². The van der Waals surface area contributed by atoms with Crippen molar-refractivity contribution in [3.8, 4) is 0 Å². The number of likely N-dealkylation sites (N-methyl/N-ethyl adjacent to an activating group) is 1. The molecule has 69 heavy (non-hydrogen) atoms. The number of esters is 1. The minimum absolute atomic E-state index is 0.106. The monoisotopic (exact) mass is 995 g/mol. The minimum Gasteiger partial charge on any atom is -0.459 e. The SMILES string of the molecule is CC[C@@H]1OC(=O)[C@H](C)[C@H](C)[C@@H](C)[C@H](C[C@@H]2C[C@@](C)(OC)[C@H](O)[C@H](C)O2)[C@@](O)(C[C@@H]2O[C@H](C)C[C@H](N(C)C)[C@@H]2O)C[C@H](C)CN(CCNC(=S)Nc2ccc(N3CCOCC3)nc2)[C@H](C)[C@@H](O)[C@]1(C)O. The molecule has 1 aromatic rings. The maximum Gasteiger partial charge on any atom is 0.309 e. The number of pyridine rings is 1. The van der Waals surface area contributed by atoms with E-state index >= 15 is 0 Å². The molecule has 4 aliphatic rings. The number of aromatic nitrogens is 1. The Labute approximate surface area is 418 Å². The van der Waals surface area contributed by atoms with Gasteiger partial charge in [0.1, 0.15) is 29.7 Å². The lowest BCUT2D eigenvalue weighted by Gasteiger charge is -2.51. The van der Waals surface area contributed by atoms with Crippen molar-refractivity contribution in [2.24, 2.45) is 29.6 Å². The maximum absolute atomic E-state index is 14.3. The lowest BCUT2D eigenvalue weighted by atomic mass is 9.63. The van der Waals surface area contributed by atoms with Crippen LogP contribution in [0.2, 0.25) is 0 Å². The second-order valence-electron chi connectivity index (χ2n) is 22.0. The van der Waals surface area contributed by atoms with Gasteiger partial charge in [-0.25, -0.2) is 4.98 Å². The molecule has 0 saturated carbocycles. The highest BCUT2D eigenvalue weighted by atomic mass is 32.1. The lowest BCUT2D eigenvalue weighted by molar-refractivity contribution is -0.226. The van der Waals surface area contributed by atoms with E-state index in [4.69, 9.17) is 35.9 Å². The molecule has 396 valence electrons. The summed E-state index contributed by atoms with van der Waals surface area (Å²) in [6, 6.07) is 3.04. The van der Waals surface area contributed by atoms with Gasteiger partial charge in [0.15, 0.2) is 5.11 Å². The Balaban J connectivity index is 1.51. The third-order valence-corrected chi connectivity index (χ3v) is 16.8. The van der Waals surface area contributed by atoms with Crippen LogP contribution in [0, 0.1) is 29.6 Å². The molecule has 18 heteroatoms. The highest BCUT2D eigenvalue weighted by Gasteiger charge is 2.53. The van der Waals surface area contributed by atoms with Crippen LogP contribution in [0.1, 0.15) is 108 Å². The molecule has 18 atom stereocenters. The minimum atomic E-state index is -1.82. The number of ether oxygens (including phenoxy) is 5. The van der Waals surface area contributed by atoms with Crippen LogP contribution in [0.25, 0.3) is 0 Å². The molecular formula is C51H90N6O11S. The van der Waals surface area contributed by atoms with Crippen molar-refractivity contribution in [3.05, 3.63) is 18.3 Å². The molecule has 0 aliphatic carbocycles. The van der Waals surface area contributed by atoms with Crippen molar-refractivity contribution >= 4 is 34.8 Å². The van der Waals surface area contributed by atoms with Crippen LogP contribution < -0.4 is 15.5 Å².